The summed E-state index contributed by atoms with van der Waals surface area (Å²) in [4.78, 5) is 19.4. The maximum absolute atomic E-state index is 12.2. The fourth-order valence-corrected chi connectivity index (χ4v) is 2.30. The fourth-order valence-electron chi connectivity index (χ4n) is 2.30. The van der Waals surface area contributed by atoms with Crippen LogP contribution in [0.5, 0.6) is 5.75 Å². The van der Waals surface area contributed by atoms with E-state index in [1.807, 2.05) is 48.5 Å². The molecule has 0 bridgehead atoms. The number of rotatable bonds is 5. The molecule has 1 aromatic heterocycles. The van der Waals surface area contributed by atoms with Gasteiger partial charge in [0.1, 0.15) is 11.6 Å². The molecule has 1 heterocycles. The number of carbonyl (C=O) groups excluding carboxylic acids is 1. The number of imidazole rings is 1. The van der Waals surface area contributed by atoms with Crippen LogP contribution in [0.2, 0.25) is 0 Å². The normalized spacial score (nSPS) is 10.3. The summed E-state index contributed by atoms with van der Waals surface area (Å²) < 4.78 is 5.11. The van der Waals surface area contributed by atoms with Crippen LogP contribution in [0.3, 0.4) is 0 Å². The Kier molecular flexibility index (Phi) is 4.38. The van der Waals surface area contributed by atoms with E-state index in [1.165, 1.54) is 0 Å². The lowest BCUT2D eigenvalue weighted by Gasteiger charge is -2.07. The summed E-state index contributed by atoms with van der Waals surface area (Å²) in [5.74, 6) is 1.49. The van der Waals surface area contributed by atoms with Gasteiger partial charge in [-0.25, -0.2) is 4.98 Å². The van der Waals surface area contributed by atoms with Gasteiger partial charge in [0.05, 0.1) is 13.5 Å². The predicted molar refractivity (Wildman–Crippen MR) is 89.4 cm³/mol. The molecule has 1 amide bonds. The smallest absolute Gasteiger partial charge is 0.228 e. The number of nitrogens with zero attached hydrogens (tertiary/aromatic N) is 1. The monoisotopic (exact) mass is 307 g/mol. The van der Waals surface area contributed by atoms with Crippen LogP contribution >= 0.6 is 0 Å². The van der Waals surface area contributed by atoms with E-state index in [-0.39, 0.29) is 5.91 Å². The van der Waals surface area contributed by atoms with E-state index < -0.39 is 0 Å². The number of nitrogens with one attached hydrogen (secondary N) is 2. The van der Waals surface area contributed by atoms with Gasteiger partial charge in [0.25, 0.3) is 0 Å². The lowest BCUT2D eigenvalue weighted by molar-refractivity contribution is -0.115. The Bertz CT molecular complexity index is 780. The number of benzene rings is 2. The molecule has 0 spiro atoms. The molecule has 2 aromatic carbocycles. The third kappa shape index (κ3) is 3.77. The van der Waals surface area contributed by atoms with E-state index in [1.54, 1.807) is 19.5 Å². The second-order valence-electron chi connectivity index (χ2n) is 5.09. The summed E-state index contributed by atoms with van der Waals surface area (Å²) in [7, 11) is 1.62. The van der Waals surface area contributed by atoms with E-state index in [4.69, 9.17) is 4.74 Å². The first-order chi connectivity index (χ1) is 11.2. The third-order valence-electron chi connectivity index (χ3n) is 3.44. The number of methoxy groups -OCH3 is 1. The number of amides is 1. The van der Waals surface area contributed by atoms with Gasteiger partial charge in [-0.3, -0.25) is 4.79 Å². The van der Waals surface area contributed by atoms with Crippen LogP contribution in [-0.4, -0.2) is 23.0 Å². The van der Waals surface area contributed by atoms with Crippen LogP contribution < -0.4 is 10.1 Å². The molecule has 0 aliphatic rings. The summed E-state index contributed by atoms with van der Waals surface area (Å²) >= 11 is 0. The van der Waals surface area contributed by atoms with Crippen molar-refractivity contribution in [2.24, 2.45) is 0 Å². The van der Waals surface area contributed by atoms with Gasteiger partial charge in [-0.05, 0) is 29.8 Å². The molecule has 0 atom stereocenters. The highest BCUT2D eigenvalue weighted by Gasteiger charge is 2.06. The molecule has 0 aliphatic heterocycles. The Morgan fingerprint density at radius 2 is 2.04 bits per heavy atom. The van der Waals surface area contributed by atoms with E-state index in [0.717, 1.165) is 28.4 Å². The maximum atomic E-state index is 12.2. The van der Waals surface area contributed by atoms with Gasteiger partial charge in [0.2, 0.25) is 5.91 Å². The SMILES string of the molecule is COc1ccc(CC(=O)Nc2cccc(-c3ncc[nH]3)c2)cc1. The highest BCUT2D eigenvalue weighted by molar-refractivity contribution is 5.92. The number of anilines is 1. The lowest BCUT2D eigenvalue weighted by atomic mass is 10.1. The summed E-state index contributed by atoms with van der Waals surface area (Å²) in [6.45, 7) is 0. The van der Waals surface area contributed by atoms with Crippen molar-refractivity contribution in [3.63, 3.8) is 0 Å². The van der Waals surface area contributed by atoms with Gasteiger partial charge in [0.15, 0.2) is 0 Å². The standard InChI is InChI=1S/C18H17N3O2/c1-23-16-7-5-13(6-8-16)11-17(22)21-15-4-2-3-14(12-15)18-19-9-10-20-18/h2-10,12H,11H2,1H3,(H,19,20)(H,21,22). The van der Waals surface area contributed by atoms with Gasteiger partial charge in [-0.1, -0.05) is 24.3 Å². The van der Waals surface area contributed by atoms with E-state index in [0.29, 0.717) is 6.42 Å². The second-order valence-corrected chi connectivity index (χ2v) is 5.09. The summed E-state index contributed by atoms with van der Waals surface area (Å²) in [5, 5.41) is 2.91. The molecule has 0 fully saturated rings. The number of aromatic amines is 1. The van der Waals surface area contributed by atoms with Gasteiger partial charge in [-0.15, -0.1) is 0 Å². The molecule has 0 unspecified atom stereocenters. The van der Waals surface area contributed by atoms with Crippen LogP contribution in [0.25, 0.3) is 11.4 Å². The molecule has 5 nitrogen and oxygen atoms in total. The molecular formula is C18H17N3O2. The number of hydrogen-bond acceptors (Lipinski definition) is 3. The second kappa shape index (κ2) is 6.79. The van der Waals surface area contributed by atoms with Crippen molar-refractivity contribution in [2.75, 3.05) is 12.4 Å². The van der Waals surface area contributed by atoms with Crippen molar-refractivity contribution in [2.45, 2.75) is 6.42 Å². The zero-order valence-electron chi connectivity index (χ0n) is 12.7. The first-order valence-electron chi connectivity index (χ1n) is 7.27. The van der Waals surface area contributed by atoms with Crippen LogP contribution in [-0.2, 0) is 11.2 Å². The molecule has 2 N–H and O–H groups in total. The van der Waals surface area contributed by atoms with Crippen molar-refractivity contribution in [1.29, 1.82) is 0 Å². The number of aromatic nitrogens is 2. The molecular weight excluding hydrogens is 290 g/mol. The Morgan fingerprint density at radius 1 is 1.22 bits per heavy atom. The van der Waals surface area contributed by atoms with Gasteiger partial charge >= 0.3 is 0 Å². The quantitative estimate of drug-likeness (QED) is 0.760. The topological polar surface area (TPSA) is 67.0 Å². The molecule has 0 saturated carbocycles. The van der Waals surface area contributed by atoms with Crippen LogP contribution in [0.4, 0.5) is 5.69 Å². The van der Waals surface area contributed by atoms with Crippen molar-refractivity contribution in [3.8, 4) is 17.1 Å². The molecule has 5 heteroatoms. The van der Waals surface area contributed by atoms with E-state index in [9.17, 15) is 4.79 Å². The predicted octanol–water partition coefficient (Wildman–Crippen LogP) is 3.27. The molecule has 23 heavy (non-hydrogen) atoms. The third-order valence-corrected chi connectivity index (χ3v) is 3.44. The highest BCUT2D eigenvalue weighted by Crippen LogP contribution is 2.19. The first kappa shape index (κ1) is 14.8. The molecule has 116 valence electrons. The zero-order valence-corrected chi connectivity index (χ0v) is 12.7. The number of hydrogen-bond donors (Lipinski definition) is 2. The average Bonchev–Trinajstić information content (AvgIpc) is 3.10. The molecule has 3 aromatic rings. The van der Waals surface area contributed by atoms with Crippen LogP contribution in [0.15, 0.2) is 60.9 Å². The van der Waals surface area contributed by atoms with Gasteiger partial charge in [-0.2, -0.15) is 0 Å². The van der Waals surface area contributed by atoms with Gasteiger partial charge in [0, 0.05) is 23.6 Å². The summed E-state index contributed by atoms with van der Waals surface area (Å²) in [6, 6.07) is 15.1. The number of H-pyrrole nitrogens is 1. The fraction of sp³-hybridized carbons (Fsp3) is 0.111. The average molecular weight is 307 g/mol. The number of carbonyl (C=O) groups is 1. The first-order valence-corrected chi connectivity index (χ1v) is 7.27. The molecule has 3 rings (SSSR count). The minimum atomic E-state index is -0.0632. The Hall–Kier alpha value is -3.08. The van der Waals surface area contributed by atoms with Crippen LogP contribution in [0.1, 0.15) is 5.56 Å². The van der Waals surface area contributed by atoms with E-state index >= 15 is 0 Å². The lowest BCUT2D eigenvalue weighted by Crippen LogP contribution is -2.14. The van der Waals surface area contributed by atoms with E-state index in [2.05, 4.69) is 15.3 Å². The highest BCUT2D eigenvalue weighted by atomic mass is 16.5. The van der Waals surface area contributed by atoms with Crippen molar-refractivity contribution < 1.29 is 9.53 Å². The summed E-state index contributed by atoms with van der Waals surface area (Å²) in [6.07, 6.45) is 3.78. The minimum Gasteiger partial charge on any atom is -0.497 e. The van der Waals surface area contributed by atoms with Gasteiger partial charge < -0.3 is 15.0 Å². The number of ether oxygens (including phenoxy) is 1. The Balaban J connectivity index is 1.66. The van der Waals surface area contributed by atoms with Crippen molar-refractivity contribution >= 4 is 11.6 Å². The summed E-state index contributed by atoms with van der Waals surface area (Å²) in [5.41, 5.74) is 2.61. The largest absolute Gasteiger partial charge is 0.497 e. The van der Waals surface area contributed by atoms with Crippen LogP contribution in [0, 0.1) is 0 Å². The molecule has 0 aliphatic carbocycles. The molecule has 0 saturated heterocycles. The van der Waals surface area contributed by atoms with Crippen molar-refractivity contribution in [3.05, 3.63) is 66.5 Å². The Labute approximate surface area is 134 Å². The molecule has 0 radical (unpaired) electrons. The zero-order chi connectivity index (χ0) is 16.1. The minimum absolute atomic E-state index is 0.0632. The Morgan fingerprint density at radius 3 is 2.74 bits per heavy atom. The maximum Gasteiger partial charge on any atom is 0.228 e. The van der Waals surface area contributed by atoms with Crippen molar-refractivity contribution in [1.82, 2.24) is 9.97 Å².